The van der Waals surface area contributed by atoms with Crippen LogP contribution in [0, 0.1) is 11.8 Å². The maximum Gasteiger partial charge on any atom is 0.341 e. The summed E-state index contributed by atoms with van der Waals surface area (Å²) in [5.74, 6) is 0.146. The van der Waals surface area contributed by atoms with E-state index in [0.29, 0.717) is 55.5 Å². The molecule has 0 N–H and O–H groups in total. The summed E-state index contributed by atoms with van der Waals surface area (Å²) in [5.41, 5.74) is 4.24. The fraction of sp³-hybridized carbons (Fsp3) is 0.526. The Labute approximate surface area is 329 Å². The highest BCUT2D eigenvalue weighted by atomic mass is 35.5. The molecule has 3 aliphatic heterocycles. The van der Waals surface area contributed by atoms with Gasteiger partial charge in [0.1, 0.15) is 5.56 Å². The summed E-state index contributed by atoms with van der Waals surface area (Å²) in [7, 11) is 0. The molecular formula is C38H46Cl3N5O8. The van der Waals surface area contributed by atoms with Crippen LogP contribution < -0.4 is 0 Å². The predicted octanol–water partition coefficient (Wildman–Crippen LogP) is 7.68. The Kier molecular flexibility index (Phi) is 14.7. The molecule has 0 aromatic carbocycles. The van der Waals surface area contributed by atoms with Crippen LogP contribution in [0.25, 0.3) is 11.0 Å². The summed E-state index contributed by atoms with van der Waals surface area (Å²) in [6.07, 6.45) is 7.87. The minimum absolute atomic E-state index is 0.144. The lowest BCUT2D eigenvalue weighted by Gasteiger charge is -2.27. The molecule has 3 saturated heterocycles. The molecule has 0 spiro atoms. The number of nitrogens with zero attached hydrogens (tertiary/aromatic N) is 5. The zero-order valence-electron chi connectivity index (χ0n) is 30.9. The highest BCUT2D eigenvalue weighted by molar-refractivity contribution is 6.36. The van der Waals surface area contributed by atoms with Crippen LogP contribution in [-0.2, 0) is 28.5 Å². The summed E-state index contributed by atoms with van der Waals surface area (Å²) in [6.45, 7) is 11.7. The summed E-state index contributed by atoms with van der Waals surface area (Å²) in [4.78, 5) is 45.3. The molecule has 13 nitrogen and oxygen atoms in total. The second-order valence-electron chi connectivity index (χ2n) is 13.3. The Morgan fingerprint density at radius 2 is 1.41 bits per heavy atom. The van der Waals surface area contributed by atoms with Crippen molar-refractivity contribution < 1.29 is 38.1 Å². The third-order valence-corrected chi connectivity index (χ3v) is 11.1. The lowest BCUT2D eigenvalue weighted by Crippen LogP contribution is -2.21. The normalized spacial score (nSPS) is 17.8. The molecule has 4 aromatic rings. The molecule has 2 unspecified atom stereocenters. The number of carbonyl (C=O) groups is 4. The largest absolute Gasteiger partial charge is 0.462 e. The van der Waals surface area contributed by atoms with E-state index in [0.717, 1.165) is 69.0 Å². The molecule has 3 aliphatic rings. The van der Waals surface area contributed by atoms with Gasteiger partial charge in [0.2, 0.25) is 11.8 Å². The SMILES string of the molecule is CCOC(=O)c1c(Cl)c(C(C)C2CCOCC2)n2ncc(Cl)cc12.CCOC(=O)c1cc(C(C)C2CCOCC2)n2ncccc12.O=C1CCC(=O)N1Cl. The molecule has 0 bridgehead atoms. The van der Waals surface area contributed by atoms with E-state index < -0.39 is 5.97 Å². The van der Waals surface area contributed by atoms with Crippen LogP contribution in [0.1, 0.15) is 110 Å². The van der Waals surface area contributed by atoms with Gasteiger partial charge >= 0.3 is 11.9 Å². The van der Waals surface area contributed by atoms with Gasteiger partial charge in [-0.1, -0.05) is 37.0 Å². The number of ether oxygens (including phenoxy) is 4. The number of hydrogen-bond donors (Lipinski definition) is 0. The average Bonchev–Trinajstić information content (AvgIpc) is 3.82. The molecular weight excluding hydrogens is 761 g/mol. The van der Waals surface area contributed by atoms with Crippen molar-refractivity contribution in [2.24, 2.45) is 11.8 Å². The second-order valence-corrected chi connectivity index (χ2v) is 14.5. The Balaban J connectivity index is 0.000000173. The van der Waals surface area contributed by atoms with Gasteiger partial charge in [-0.3, -0.25) is 9.59 Å². The minimum Gasteiger partial charge on any atom is -0.462 e. The lowest BCUT2D eigenvalue weighted by molar-refractivity contribution is -0.132. The molecule has 7 rings (SSSR count). The Morgan fingerprint density at radius 3 is 1.96 bits per heavy atom. The van der Waals surface area contributed by atoms with Crippen molar-refractivity contribution in [1.29, 1.82) is 0 Å². The average molecular weight is 807 g/mol. The van der Waals surface area contributed by atoms with Crippen LogP contribution in [0.2, 0.25) is 10.0 Å². The van der Waals surface area contributed by atoms with Crippen molar-refractivity contribution in [3.8, 4) is 0 Å². The third-order valence-electron chi connectivity index (χ3n) is 10.1. The number of aromatic nitrogens is 4. The van der Waals surface area contributed by atoms with Crippen LogP contribution >= 0.6 is 35.0 Å². The van der Waals surface area contributed by atoms with Crippen molar-refractivity contribution in [3.63, 3.8) is 0 Å². The van der Waals surface area contributed by atoms with Gasteiger partial charge in [-0.05, 0) is 75.6 Å². The second kappa shape index (κ2) is 19.2. The molecule has 54 heavy (non-hydrogen) atoms. The molecule has 292 valence electrons. The molecule has 7 heterocycles. The Bertz CT molecular complexity index is 1940. The maximum atomic E-state index is 12.4. The van der Waals surface area contributed by atoms with E-state index in [-0.39, 0.29) is 43.2 Å². The summed E-state index contributed by atoms with van der Waals surface area (Å²) in [5, 5.41) is 9.68. The molecule has 0 aliphatic carbocycles. The number of fused-ring (bicyclic) bond motifs is 2. The van der Waals surface area contributed by atoms with E-state index >= 15 is 0 Å². The van der Waals surface area contributed by atoms with Gasteiger partial charge in [0.25, 0.3) is 0 Å². The molecule has 16 heteroatoms. The van der Waals surface area contributed by atoms with Gasteiger partial charge in [0.05, 0.1) is 51.7 Å². The number of esters is 2. The van der Waals surface area contributed by atoms with Crippen molar-refractivity contribution in [2.75, 3.05) is 39.6 Å². The van der Waals surface area contributed by atoms with Gasteiger partial charge in [-0.15, -0.1) is 0 Å². The summed E-state index contributed by atoms with van der Waals surface area (Å²) in [6, 6.07) is 7.41. The molecule has 0 saturated carbocycles. The number of rotatable bonds is 8. The van der Waals surface area contributed by atoms with E-state index in [1.165, 1.54) is 0 Å². The van der Waals surface area contributed by atoms with E-state index in [4.69, 9.17) is 53.9 Å². The van der Waals surface area contributed by atoms with Crippen molar-refractivity contribution in [1.82, 2.24) is 23.6 Å². The molecule has 4 aromatic heterocycles. The number of imide groups is 1. The fourth-order valence-electron chi connectivity index (χ4n) is 7.10. The quantitative estimate of drug-likeness (QED) is 0.0989. The minimum atomic E-state index is -0.450. The van der Waals surface area contributed by atoms with Crippen LogP contribution in [0.5, 0.6) is 0 Å². The first-order valence-corrected chi connectivity index (χ1v) is 19.4. The van der Waals surface area contributed by atoms with Crippen LogP contribution in [-0.4, -0.2) is 87.0 Å². The highest BCUT2D eigenvalue weighted by Crippen LogP contribution is 2.40. The fourth-order valence-corrected chi connectivity index (χ4v) is 7.85. The zero-order valence-corrected chi connectivity index (χ0v) is 33.2. The number of amides is 2. The lowest BCUT2D eigenvalue weighted by atomic mass is 9.85. The molecule has 2 atom stereocenters. The van der Waals surface area contributed by atoms with E-state index in [2.05, 4.69) is 24.0 Å². The van der Waals surface area contributed by atoms with Gasteiger partial charge in [-0.2, -0.15) is 14.6 Å². The highest BCUT2D eigenvalue weighted by Gasteiger charge is 2.32. The number of hydrogen-bond acceptors (Lipinski definition) is 10. The molecule has 2 amide bonds. The topological polar surface area (TPSA) is 143 Å². The molecule has 0 radical (unpaired) electrons. The summed E-state index contributed by atoms with van der Waals surface area (Å²) < 4.78 is 25.5. The summed E-state index contributed by atoms with van der Waals surface area (Å²) >= 11 is 17.8. The molecule has 3 fully saturated rings. The number of carbonyl (C=O) groups excluding carboxylic acids is 4. The van der Waals surface area contributed by atoms with Gasteiger partial charge in [0, 0.05) is 74.8 Å². The van der Waals surface area contributed by atoms with Crippen molar-refractivity contribution in [3.05, 3.63) is 69.2 Å². The van der Waals surface area contributed by atoms with Crippen molar-refractivity contribution >= 4 is 69.8 Å². The number of halogens is 3. The van der Waals surface area contributed by atoms with E-state index in [9.17, 15) is 19.2 Å². The van der Waals surface area contributed by atoms with Gasteiger partial charge in [-0.25, -0.2) is 18.6 Å². The van der Waals surface area contributed by atoms with Crippen LogP contribution in [0.3, 0.4) is 0 Å². The van der Waals surface area contributed by atoms with E-state index in [1.54, 1.807) is 29.9 Å². The van der Waals surface area contributed by atoms with Crippen molar-refractivity contribution in [2.45, 2.75) is 78.1 Å². The third kappa shape index (κ3) is 9.36. The van der Waals surface area contributed by atoms with Gasteiger partial charge in [0.15, 0.2) is 0 Å². The maximum absolute atomic E-state index is 12.4. The zero-order chi connectivity index (χ0) is 38.9. The standard InChI is InChI=1S/C17H20Cl2N2O3.C17H22N2O3.C4H4ClNO2/c1-3-24-17(22)14-13-8-12(18)9-20-21(13)16(15(14)19)10(2)11-4-6-23-7-5-11;1-3-22-17(20)14-11-16(19-15(14)5-4-8-18-19)12(2)13-6-9-21-10-7-13;5-6-3(7)1-2-4(6)8/h8-11H,3-7H2,1-2H3;4-5,8,11-13H,3,6-7,9-10H2,1-2H3;1-2H2. The van der Waals surface area contributed by atoms with Crippen LogP contribution in [0.15, 0.2) is 36.7 Å². The van der Waals surface area contributed by atoms with E-state index in [1.807, 2.05) is 29.6 Å². The first-order valence-electron chi connectivity index (χ1n) is 18.3. The Morgan fingerprint density at radius 1 is 0.833 bits per heavy atom. The monoisotopic (exact) mass is 805 g/mol. The smallest absolute Gasteiger partial charge is 0.341 e. The Hall–Kier alpha value is -3.75. The first kappa shape index (κ1) is 41.4. The van der Waals surface area contributed by atoms with Crippen LogP contribution in [0.4, 0.5) is 0 Å². The first-order chi connectivity index (χ1) is 26.0. The predicted molar refractivity (Wildman–Crippen MR) is 203 cm³/mol. The van der Waals surface area contributed by atoms with Gasteiger partial charge < -0.3 is 18.9 Å².